The lowest BCUT2D eigenvalue weighted by Crippen LogP contribution is -2.25. The van der Waals surface area contributed by atoms with Crippen LogP contribution in [-0.2, 0) is 22.0 Å². The molecule has 1 aromatic heterocycles. The van der Waals surface area contributed by atoms with Crippen molar-refractivity contribution in [3.8, 4) is 34.0 Å². The van der Waals surface area contributed by atoms with Gasteiger partial charge in [-0.2, -0.15) is 0 Å². The fraction of sp³-hybridized carbons (Fsp3) is 0.364. The van der Waals surface area contributed by atoms with Gasteiger partial charge in [-0.15, -0.1) is 0 Å². The van der Waals surface area contributed by atoms with Crippen molar-refractivity contribution in [3.63, 3.8) is 0 Å². The second-order valence-electron chi connectivity index (χ2n) is 11.1. The average Bonchev–Trinajstić information content (AvgIpc) is 3.34. The van der Waals surface area contributed by atoms with Gasteiger partial charge < -0.3 is 14.0 Å². The minimum atomic E-state index is -3.57. The number of benzene rings is 3. The molecule has 0 radical (unpaired) electrons. The topological polar surface area (TPSA) is 82.5 Å². The molecule has 0 amide bonds. The van der Waals surface area contributed by atoms with E-state index >= 15 is 0 Å². The minimum Gasteiger partial charge on any atom is -0.497 e. The molecule has 0 aliphatic carbocycles. The number of rotatable bonds is 13. The second kappa shape index (κ2) is 13.8. The van der Waals surface area contributed by atoms with Crippen molar-refractivity contribution in [1.82, 2.24) is 14.3 Å². The highest BCUT2D eigenvalue weighted by Crippen LogP contribution is 2.37. The molecule has 3 aromatic carbocycles. The Labute approximate surface area is 254 Å². The van der Waals surface area contributed by atoms with Gasteiger partial charge in [0.05, 0.1) is 30.5 Å². The maximum Gasteiger partial charge on any atom is 0.240 e. The highest BCUT2D eigenvalue weighted by atomic mass is 32.2. The van der Waals surface area contributed by atoms with E-state index in [-0.39, 0.29) is 10.3 Å². The highest BCUT2D eigenvalue weighted by molar-refractivity contribution is 7.99. The van der Waals surface area contributed by atoms with Gasteiger partial charge in [0.1, 0.15) is 11.5 Å². The van der Waals surface area contributed by atoms with Crippen LogP contribution in [0, 0.1) is 0 Å². The van der Waals surface area contributed by atoms with Gasteiger partial charge in [0.2, 0.25) is 10.0 Å². The van der Waals surface area contributed by atoms with Crippen molar-refractivity contribution in [2.24, 2.45) is 0 Å². The van der Waals surface area contributed by atoms with E-state index in [4.69, 9.17) is 14.5 Å². The van der Waals surface area contributed by atoms with Crippen LogP contribution in [0.3, 0.4) is 0 Å². The molecule has 0 bridgehead atoms. The lowest BCUT2D eigenvalue weighted by atomic mass is 9.87. The molecule has 224 valence electrons. The Morgan fingerprint density at radius 1 is 0.857 bits per heavy atom. The molecule has 0 saturated carbocycles. The van der Waals surface area contributed by atoms with E-state index < -0.39 is 10.0 Å². The van der Waals surface area contributed by atoms with Crippen molar-refractivity contribution in [1.29, 1.82) is 0 Å². The molecular formula is C33H41N3O4S2. The predicted octanol–water partition coefficient (Wildman–Crippen LogP) is 7.40. The third-order valence-corrected chi connectivity index (χ3v) is 9.52. The number of hydrogen-bond acceptors (Lipinski definition) is 6. The summed E-state index contributed by atoms with van der Waals surface area (Å²) in [6.07, 6.45) is 1.61. The molecule has 0 aliphatic rings. The van der Waals surface area contributed by atoms with Crippen molar-refractivity contribution in [3.05, 3.63) is 78.4 Å². The molecule has 9 heteroatoms. The number of hydrogen-bond donors (Lipinski definition) is 1. The van der Waals surface area contributed by atoms with Crippen LogP contribution in [0.25, 0.3) is 22.5 Å². The van der Waals surface area contributed by atoms with Crippen LogP contribution in [0.15, 0.2) is 82.8 Å². The van der Waals surface area contributed by atoms with Crippen LogP contribution in [-0.4, -0.2) is 44.5 Å². The Balaban J connectivity index is 1.52. The maximum atomic E-state index is 12.9. The Morgan fingerprint density at radius 3 is 1.95 bits per heavy atom. The Kier molecular flexibility index (Phi) is 10.4. The summed E-state index contributed by atoms with van der Waals surface area (Å²) < 4.78 is 41.5. The quantitative estimate of drug-likeness (QED) is 0.126. The summed E-state index contributed by atoms with van der Waals surface area (Å²) in [5.41, 5.74) is 5.08. The third kappa shape index (κ3) is 7.56. The molecule has 0 unspecified atom stereocenters. The van der Waals surface area contributed by atoms with Gasteiger partial charge in [0.25, 0.3) is 0 Å². The average molecular weight is 608 g/mol. The Morgan fingerprint density at radius 2 is 1.43 bits per heavy atom. The summed E-state index contributed by atoms with van der Waals surface area (Å²) >= 11 is 1.65. The number of thioether (sulfide) groups is 1. The first-order chi connectivity index (χ1) is 20.1. The maximum absolute atomic E-state index is 12.9. The zero-order valence-electron chi connectivity index (χ0n) is 25.3. The van der Waals surface area contributed by atoms with Gasteiger partial charge in [-0.1, -0.05) is 51.6 Å². The third-order valence-electron chi connectivity index (χ3n) is 6.98. The SMILES string of the molecule is CCCn1c(SCCCNS(=O)(=O)c2ccc(C(C)(C)C)cc2)nc(-c2ccc(OC)cc2)c1-c1ccc(OC)cc1. The molecule has 0 atom stereocenters. The monoisotopic (exact) mass is 607 g/mol. The summed E-state index contributed by atoms with van der Waals surface area (Å²) in [5.74, 6) is 2.31. The Bertz CT molecular complexity index is 1560. The first-order valence-electron chi connectivity index (χ1n) is 14.2. The zero-order chi connectivity index (χ0) is 30.3. The summed E-state index contributed by atoms with van der Waals surface area (Å²) in [6, 6.07) is 23.1. The van der Waals surface area contributed by atoms with E-state index in [2.05, 4.69) is 49.1 Å². The highest BCUT2D eigenvalue weighted by Gasteiger charge is 2.21. The van der Waals surface area contributed by atoms with Crippen molar-refractivity contribution >= 4 is 21.8 Å². The molecule has 4 rings (SSSR count). The van der Waals surface area contributed by atoms with E-state index in [0.717, 1.165) is 63.5 Å². The minimum absolute atomic E-state index is 0.0309. The van der Waals surface area contributed by atoms with Crippen LogP contribution >= 0.6 is 11.8 Å². The van der Waals surface area contributed by atoms with Gasteiger partial charge in [0, 0.05) is 30.0 Å². The summed E-state index contributed by atoms with van der Waals surface area (Å²) in [6.45, 7) is 9.64. The van der Waals surface area contributed by atoms with E-state index in [1.165, 1.54) is 0 Å². The summed E-state index contributed by atoms with van der Waals surface area (Å²) in [4.78, 5) is 5.40. The molecular weight excluding hydrogens is 567 g/mol. The molecule has 0 fully saturated rings. The number of nitrogens with zero attached hydrogens (tertiary/aromatic N) is 2. The molecule has 0 saturated heterocycles. The summed E-state index contributed by atoms with van der Waals surface area (Å²) in [7, 11) is -0.250. The molecule has 1 heterocycles. The van der Waals surface area contributed by atoms with Crippen molar-refractivity contribution in [2.45, 2.75) is 62.5 Å². The number of methoxy groups -OCH3 is 2. The summed E-state index contributed by atoms with van der Waals surface area (Å²) in [5, 5.41) is 0.911. The van der Waals surface area contributed by atoms with Gasteiger partial charge in [0.15, 0.2) is 5.16 Å². The number of nitrogens with one attached hydrogen (secondary N) is 1. The largest absolute Gasteiger partial charge is 0.497 e. The fourth-order valence-electron chi connectivity index (χ4n) is 4.62. The molecule has 0 spiro atoms. The lowest BCUT2D eigenvalue weighted by molar-refractivity contribution is 0.414. The first-order valence-corrected chi connectivity index (χ1v) is 16.7. The van der Waals surface area contributed by atoms with E-state index in [9.17, 15) is 8.42 Å². The zero-order valence-corrected chi connectivity index (χ0v) is 26.9. The van der Waals surface area contributed by atoms with Gasteiger partial charge in [-0.05, 0) is 84.5 Å². The molecule has 7 nitrogen and oxygen atoms in total. The normalized spacial score (nSPS) is 12.0. The van der Waals surface area contributed by atoms with Crippen LogP contribution in [0.1, 0.15) is 46.1 Å². The molecule has 4 aromatic rings. The van der Waals surface area contributed by atoms with Crippen molar-refractivity contribution in [2.75, 3.05) is 26.5 Å². The Hall–Kier alpha value is -3.27. The lowest BCUT2D eigenvalue weighted by Gasteiger charge is -2.19. The van der Waals surface area contributed by atoms with Crippen LogP contribution in [0.4, 0.5) is 0 Å². The fourth-order valence-corrected chi connectivity index (χ4v) is 6.66. The first kappa shape index (κ1) is 31.7. The molecule has 1 N–H and O–H groups in total. The molecule has 0 aliphatic heterocycles. The van der Waals surface area contributed by atoms with E-state index in [1.807, 2.05) is 48.5 Å². The number of ether oxygens (including phenoxy) is 2. The number of sulfonamides is 1. The van der Waals surface area contributed by atoms with Gasteiger partial charge in [-0.25, -0.2) is 18.1 Å². The smallest absolute Gasteiger partial charge is 0.240 e. The van der Waals surface area contributed by atoms with Gasteiger partial charge in [-0.3, -0.25) is 0 Å². The standard InChI is InChI=1S/C33H41N3O4S2/c1-7-22-36-31(25-11-17-28(40-6)18-12-25)30(24-9-15-27(39-5)16-10-24)35-32(36)41-23-8-21-34-42(37,38)29-19-13-26(14-20-29)33(2,3)4/h9-20,34H,7-8,21-23H2,1-6H3. The van der Waals surface area contributed by atoms with Gasteiger partial charge >= 0.3 is 0 Å². The van der Waals surface area contributed by atoms with Crippen LogP contribution < -0.4 is 14.2 Å². The number of imidazole rings is 1. The molecule has 42 heavy (non-hydrogen) atoms. The number of aromatic nitrogens is 2. The van der Waals surface area contributed by atoms with Crippen molar-refractivity contribution < 1.29 is 17.9 Å². The van der Waals surface area contributed by atoms with E-state index in [1.54, 1.807) is 38.1 Å². The van der Waals surface area contributed by atoms with E-state index in [0.29, 0.717) is 13.0 Å². The predicted molar refractivity (Wildman–Crippen MR) is 172 cm³/mol. The van der Waals surface area contributed by atoms with Crippen LogP contribution in [0.5, 0.6) is 11.5 Å². The second-order valence-corrected chi connectivity index (χ2v) is 13.9. The van der Waals surface area contributed by atoms with Crippen LogP contribution in [0.2, 0.25) is 0 Å².